The fraction of sp³-hybridized carbons (Fsp3) is 0.226. The Balaban J connectivity index is 1.66. The van der Waals surface area contributed by atoms with E-state index >= 15 is 4.39 Å². The number of rotatable bonds is 3. The third-order valence-corrected chi connectivity index (χ3v) is 6.88. The molecule has 0 heterocycles. The highest BCUT2D eigenvalue weighted by Gasteiger charge is 2.35. The van der Waals surface area contributed by atoms with E-state index in [1.807, 2.05) is 32.9 Å². The number of halogens is 2. The Morgan fingerprint density at radius 3 is 2.00 bits per heavy atom. The molecule has 0 atom stereocenters. The van der Waals surface area contributed by atoms with E-state index in [0.717, 1.165) is 5.56 Å². The molecule has 0 bridgehead atoms. The van der Waals surface area contributed by atoms with Gasteiger partial charge in [-0.25, -0.2) is 8.78 Å². The van der Waals surface area contributed by atoms with Crippen LogP contribution in [0.15, 0.2) is 84.9 Å². The van der Waals surface area contributed by atoms with Crippen LogP contribution in [0.4, 0.5) is 20.2 Å². The molecule has 0 saturated carbocycles. The van der Waals surface area contributed by atoms with Crippen LogP contribution in [0.1, 0.15) is 45.7 Å². The van der Waals surface area contributed by atoms with Crippen molar-refractivity contribution in [3.8, 4) is 22.3 Å². The lowest BCUT2D eigenvalue weighted by Crippen LogP contribution is -2.38. The molecule has 0 aromatic heterocycles. The first-order chi connectivity index (χ1) is 16.1. The van der Waals surface area contributed by atoms with E-state index in [4.69, 9.17) is 0 Å². The highest BCUT2D eigenvalue weighted by molar-refractivity contribution is 5.84. The van der Waals surface area contributed by atoms with E-state index in [-0.39, 0.29) is 17.0 Å². The molecule has 5 rings (SSSR count). The van der Waals surface area contributed by atoms with Crippen molar-refractivity contribution < 1.29 is 8.78 Å². The van der Waals surface area contributed by atoms with Gasteiger partial charge in [0.05, 0.1) is 11.4 Å². The van der Waals surface area contributed by atoms with Crippen LogP contribution in [0.5, 0.6) is 0 Å². The average Bonchev–Trinajstić information content (AvgIpc) is 3.02. The second-order valence-electron chi connectivity index (χ2n) is 10.5. The summed E-state index contributed by atoms with van der Waals surface area (Å²) in [5, 5.41) is 0. The zero-order valence-electron chi connectivity index (χ0n) is 20.3. The SMILES string of the molecule is CC1(C)c2ccccc2-c2ccc(-c3cccc(N(c4ccccc4F)C(C)(C)C)c3F)cc21. The predicted molar refractivity (Wildman–Crippen MR) is 138 cm³/mol. The summed E-state index contributed by atoms with van der Waals surface area (Å²) in [7, 11) is 0. The minimum atomic E-state index is -0.538. The molecule has 1 aliphatic rings. The summed E-state index contributed by atoms with van der Waals surface area (Å²) in [5.41, 5.74) is 6.26. The van der Waals surface area contributed by atoms with Crippen molar-refractivity contribution in [1.82, 2.24) is 0 Å². The van der Waals surface area contributed by atoms with Gasteiger partial charge in [-0.1, -0.05) is 74.5 Å². The zero-order valence-corrected chi connectivity index (χ0v) is 20.3. The normalized spacial score (nSPS) is 14.0. The van der Waals surface area contributed by atoms with E-state index in [9.17, 15) is 4.39 Å². The summed E-state index contributed by atoms with van der Waals surface area (Å²) in [6.07, 6.45) is 0. The maximum Gasteiger partial charge on any atom is 0.154 e. The largest absolute Gasteiger partial charge is 0.331 e. The zero-order chi connectivity index (χ0) is 24.3. The minimum absolute atomic E-state index is 0.166. The quantitative estimate of drug-likeness (QED) is 0.299. The topological polar surface area (TPSA) is 3.24 Å². The Morgan fingerprint density at radius 2 is 1.26 bits per heavy atom. The van der Waals surface area contributed by atoms with E-state index in [2.05, 4.69) is 50.2 Å². The number of nitrogens with zero attached hydrogens (tertiary/aromatic N) is 1. The number of benzene rings is 4. The van der Waals surface area contributed by atoms with Gasteiger partial charge < -0.3 is 4.90 Å². The maximum absolute atomic E-state index is 16.2. The van der Waals surface area contributed by atoms with Crippen LogP contribution in [-0.4, -0.2) is 5.54 Å². The van der Waals surface area contributed by atoms with Crippen LogP contribution < -0.4 is 4.90 Å². The van der Waals surface area contributed by atoms with Crippen LogP contribution in [0.25, 0.3) is 22.3 Å². The van der Waals surface area contributed by atoms with Crippen molar-refractivity contribution >= 4 is 11.4 Å². The summed E-state index contributed by atoms with van der Waals surface area (Å²) in [4.78, 5) is 1.74. The molecule has 0 spiro atoms. The van der Waals surface area contributed by atoms with Crippen molar-refractivity contribution in [2.45, 2.75) is 45.6 Å². The second kappa shape index (κ2) is 7.80. The van der Waals surface area contributed by atoms with Gasteiger partial charge in [-0.15, -0.1) is 0 Å². The third-order valence-electron chi connectivity index (χ3n) is 6.88. The van der Waals surface area contributed by atoms with E-state index in [1.54, 1.807) is 35.2 Å². The van der Waals surface area contributed by atoms with Crippen molar-refractivity contribution in [3.63, 3.8) is 0 Å². The van der Waals surface area contributed by atoms with Crippen LogP contribution in [-0.2, 0) is 5.41 Å². The van der Waals surface area contributed by atoms with Gasteiger partial charge in [0.1, 0.15) is 5.82 Å². The fourth-order valence-corrected chi connectivity index (χ4v) is 5.27. The van der Waals surface area contributed by atoms with Crippen molar-refractivity contribution in [1.29, 1.82) is 0 Å². The van der Waals surface area contributed by atoms with Gasteiger partial charge in [0.15, 0.2) is 5.82 Å². The summed E-state index contributed by atoms with van der Waals surface area (Å²) in [5.74, 6) is -0.729. The number of hydrogen-bond donors (Lipinski definition) is 0. The standard InChI is InChI=1S/C31H29F2N/c1-30(2,3)34(27-15-9-8-14-26(27)32)28-16-10-12-21(29(28)33)20-17-18-23-22-11-6-7-13-24(22)31(4,5)25(23)19-20/h6-19H,1-5H3. The Bertz CT molecular complexity index is 1390. The van der Waals surface area contributed by atoms with E-state index in [1.165, 1.54) is 28.3 Å². The van der Waals surface area contributed by atoms with Gasteiger partial charge in [-0.2, -0.15) is 0 Å². The molecule has 0 unspecified atom stereocenters. The summed E-state index contributed by atoms with van der Waals surface area (Å²) in [6, 6.07) is 26.6. The van der Waals surface area contributed by atoms with Crippen LogP contribution >= 0.6 is 0 Å². The lowest BCUT2D eigenvalue weighted by atomic mass is 9.81. The molecule has 172 valence electrons. The first-order valence-electron chi connectivity index (χ1n) is 11.7. The predicted octanol–water partition coefficient (Wildman–Crippen LogP) is 8.87. The van der Waals surface area contributed by atoms with Crippen LogP contribution in [0.2, 0.25) is 0 Å². The monoisotopic (exact) mass is 453 g/mol. The lowest BCUT2D eigenvalue weighted by Gasteiger charge is -2.38. The van der Waals surface area contributed by atoms with Crippen molar-refractivity contribution in [2.24, 2.45) is 0 Å². The fourth-order valence-electron chi connectivity index (χ4n) is 5.27. The molecule has 0 fully saturated rings. The average molecular weight is 454 g/mol. The molecule has 0 amide bonds. The molecule has 0 N–H and O–H groups in total. The molecule has 4 aromatic rings. The smallest absolute Gasteiger partial charge is 0.154 e. The number of hydrogen-bond acceptors (Lipinski definition) is 1. The number of para-hydroxylation sites is 1. The molecule has 1 nitrogen and oxygen atoms in total. The van der Waals surface area contributed by atoms with Gasteiger partial charge >= 0.3 is 0 Å². The van der Waals surface area contributed by atoms with Gasteiger partial charge in [-0.3, -0.25) is 0 Å². The molecule has 4 aromatic carbocycles. The molecule has 34 heavy (non-hydrogen) atoms. The summed E-state index contributed by atoms with van der Waals surface area (Å²) < 4.78 is 31.0. The lowest BCUT2D eigenvalue weighted by molar-refractivity contribution is 0.527. The molecular formula is C31H29F2N. The van der Waals surface area contributed by atoms with Gasteiger partial charge in [-0.05, 0) is 72.9 Å². The second-order valence-corrected chi connectivity index (χ2v) is 10.5. The van der Waals surface area contributed by atoms with Gasteiger partial charge in [0, 0.05) is 16.5 Å². The Kier molecular flexibility index (Phi) is 5.12. The first-order valence-corrected chi connectivity index (χ1v) is 11.7. The summed E-state index contributed by atoms with van der Waals surface area (Å²) >= 11 is 0. The highest BCUT2D eigenvalue weighted by atomic mass is 19.1. The highest BCUT2D eigenvalue weighted by Crippen LogP contribution is 2.50. The van der Waals surface area contributed by atoms with Crippen molar-refractivity contribution in [2.75, 3.05) is 4.90 Å². The van der Waals surface area contributed by atoms with Gasteiger partial charge in [0.25, 0.3) is 0 Å². The third kappa shape index (κ3) is 3.42. The Labute approximate surface area is 200 Å². The number of anilines is 2. The van der Waals surface area contributed by atoms with Crippen molar-refractivity contribution in [3.05, 3.63) is 108 Å². The molecule has 1 aliphatic carbocycles. The summed E-state index contributed by atoms with van der Waals surface area (Å²) in [6.45, 7) is 10.3. The molecule has 0 radical (unpaired) electrons. The van der Waals surface area contributed by atoms with Crippen LogP contribution in [0, 0.1) is 11.6 Å². The number of fused-ring (bicyclic) bond motifs is 3. The molecule has 3 heteroatoms. The first kappa shape index (κ1) is 22.3. The minimum Gasteiger partial charge on any atom is -0.331 e. The molecular weight excluding hydrogens is 424 g/mol. The maximum atomic E-state index is 16.2. The Morgan fingerprint density at radius 1 is 0.647 bits per heavy atom. The van der Waals surface area contributed by atoms with E-state index < -0.39 is 5.54 Å². The van der Waals surface area contributed by atoms with Crippen LogP contribution in [0.3, 0.4) is 0 Å². The van der Waals surface area contributed by atoms with E-state index in [0.29, 0.717) is 16.9 Å². The molecule has 0 saturated heterocycles. The Hall–Kier alpha value is -3.46. The van der Waals surface area contributed by atoms with Gasteiger partial charge in [0.2, 0.25) is 0 Å². The molecule has 0 aliphatic heterocycles.